The number of alkyl halides is 3. The van der Waals surface area contributed by atoms with Gasteiger partial charge in [0.15, 0.2) is 0 Å². The van der Waals surface area contributed by atoms with Crippen molar-refractivity contribution < 1.29 is 22.7 Å². The van der Waals surface area contributed by atoms with E-state index in [2.05, 4.69) is 9.88 Å². The van der Waals surface area contributed by atoms with Crippen LogP contribution in [0.15, 0.2) is 12.3 Å². The number of carbonyl (C=O) groups is 1. The molecule has 0 unspecified atom stereocenters. The number of rotatable bonds is 2. The molecule has 180 valence electrons. The maximum Gasteiger partial charge on any atom is 0.417 e. The lowest BCUT2D eigenvalue weighted by molar-refractivity contribution is -0.144. The lowest BCUT2D eigenvalue weighted by Gasteiger charge is -2.39. The van der Waals surface area contributed by atoms with E-state index in [1.54, 1.807) is 0 Å². The summed E-state index contributed by atoms with van der Waals surface area (Å²) >= 11 is 0. The summed E-state index contributed by atoms with van der Waals surface area (Å²) in [6, 6.07) is 2.23. The van der Waals surface area contributed by atoms with Crippen molar-refractivity contribution in [1.82, 2.24) is 14.8 Å². The Morgan fingerprint density at radius 2 is 2.09 bits per heavy atom. The molecule has 2 saturated heterocycles. The number of nitrogens with zero attached hydrogens (tertiary/aromatic N) is 3. The number of ether oxygens (including phenoxy) is 1. The van der Waals surface area contributed by atoms with Gasteiger partial charge in [-0.1, -0.05) is 6.42 Å². The van der Waals surface area contributed by atoms with E-state index in [0.29, 0.717) is 48.1 Å². The molecule has 5 aliphatic rings. The number of hydrogen-bond donors (Lipinski definition) is 0. The van der Waals surface area contributed by atoms with Crippen LogP contribution in [0.4, 0.5) is 13.2 Å². The maximum absolute atomic E-state index is 14.0. The first-order valence-corrected chi connectivity index (χ1v) is 12.5. The fourth-order valence-corrected chi connectivity index (χ4v) is 7.71. The van der Waals surface area contributed by atoms with Gasteiger partial charge in [-0.15, -0.1) is 0 Å². The van der Waals surface area contributed by atoms with Crippen molar-refractivity contribution in [2.24, 2.45) is 17.3 Å². The maximum atomic E-state index is 14.0. The summed E-state index contributed by atoms with van der Waals surface area (Å²) in [5.74, 6) is 1.20. The van der Waals surface area contributed by atoms with Crippen molar-refractivity contribution >= 4 is 5.91 Å². The molecule has 4 fully saturated rings. The molecule has 1 aromatic rings. The Bertz CT molecular complexity index is 938. The molecule has 4 heterocycles. The van der Waals surface area contributed by atoms with Gasteiger partial charge in [-0.25, -0.2) is 0 Å². The highest BCUT2D eigenvalue weighted by Crippen LogP contribution is 2.57. The molecule has 1 aromatic heterocycles. The van der Waals surface area contributed by atoms with Gasteiger partial charge in [0.2, 0.25) is 5.91 Å². The third kappa shape index (κ3) is 3.59. The van der Waals surface area contributed by atoms with E-state index < -0.39 is 11.7 Å². The summed E-state index contributed by atoms with van der Waals surface area (Å²) in [7, 11) is 0. The molecule has 3 aliphatic heterocycles. The average molecular weight is 464 g/mol. The van der Waals surface area contributed by atoms with Crippen molar-refractivity contribution in [2.45, 2.75) is 76.2 Å². The van der Waals surface area contributed by atoms with Gasteiger partial charge >= 0.3 is 6.18 Å². The fourth-order valence-electron chi connectivity index (χ4n) is 7.71. The summed E-state index contributed by atoms with van der Waals surface area (Å²) in [6.07, 6.45) is 4.38. The van der Waals surface area contributed by atoms with Gasteiger partial charge in [-0.3, -0.25) is 14.7 Å². The fraction of sp³-hybridized carbons (Fsp3) is 0.760. The van der Waals surface area contributed by atoms with Gasteiger partial charge in [-0.05, 0) is 68.5 Å². The third-order valence-corrected chi connectivity index (χ3v) is 9.28. The molecule has 0 spiro atoms. The third-order valence-electron chi connectivity index (χ3n) is 9.28. The van der Waals surface area contributed by atoms with Gasteiger partial charge in [0, 0.05) is 50.1 Å². The van der Waals surface area contributed by atoms with E-state index in [1.807, 2.05) is 4.90 Å². The van der Waals surface area contributed by atoms with Crippen LogP contribution in [0.25, 0.3) is 0 Å². The van der Waals surface area contributed by atoms with Crippen LogP contribution in [0, 0.1) is 17.3 Å². The van der Waals surface area contributed by atoms with E-state index in [4.69, 9.17) is 4.74 Å². The molecule has 0 radical (unpaired) electrons. The van der Waals surface area contributed by atoms with E-state index in [0.717, 1.165) is 64.5 Å². The Balaban J connectivity index is 1.21. The highest BCUT2D eigenvalue weighted by atomic mass is 19.4. The summed E-state index contributed by atoms with van der Waals surface area (Å²) in [6.45, 7) is 3.59. The van der Waals surface area contributed by atoms with Crippen LogP contribution in [0.5, 0.6) is 0 Å². The number of likely N-dealkylation sites (tertiary alicyclic amines) is 1. The number of carbonyl (C=O) groups excluding carboxylic acids is 1. The van der Waals surface area contributed by atoms with E-state index in [9.17, 15) is 18.0 Å². The Kier molecular flexibility index (Phi) is 5.25. The van der Waals surface area contributed by atoms with Crippen molar-refractivity contribution in [3.05, 3.63) is 29.1 Å². The van der Waals surface area contributed by atoms with Gasteiger partial charge in [0.05, 0.1) is 17.6 Å². The van der Waals surface area contributed by atoms with Crippen LogP contribution in [-0.4, -0.2) is 59.1 Å². The minimum absolute atomic E-state index is 0.179. The molecule has 0 N–H and O–H groups in total. The molecule has 2 aliphatic carbocycles. The van der Waals surface area contributed by atoms with Crippen LogP contribution in [0.3, 0.4) is 0 Å². The largest absolute Gasteiger partial charge is 0.417 e. The van der Waals surface area contributed by atoms with E-state index in [-0.39, 0.29) is 17.9 Å². The molecule has 33 heavy (non-hydrogen) atoms. The molecular formula is C25H32F3N3O2. The zero-order valence-corrected chi connectivity index (χ0v) is 18.9. The molecule has 5 atom stereocenters. The molecular weight excluding hydrogens is 431 g/mol. The molecule has 2 saturated carbocycles. The molecule has 8 heteroatoms. The van der Waals surface area contributed by atoms with Crippen molar-refractivity contribution in [3.8, 4) is 0 Å². The quantitative estimate of drug-likeness (QED) is 0.664. The molecule has 5 nitrogen and oxygen atoms in total. The van der Waals surface area contributed by atoms with Crippen molar-refractivity contribution in [1.29, 1.82) is 0 Å². The monoisotopic (exact) mass is 463 g/mol. The van der Waals surface area contributed by atoms with Crippen LogP contribution >= 0.6 is 0 Å². The van der Waals surface area contributed by atoms with E-state index >= 15 is 0 Å². The number of hydrogen-bond acceptors (Lipinski definition) is 4. The lowest BCUT2D eigenvalue weighted by atomic mass is 9.78. The van der Waals surface area contributed by atoms with Crippen LogP contribution in [-0.2, 0) is 28.7 Å². The molecule has 1 amide bonds. The number of aromatic nitrogens is 1. The second-order valence-electron chi connectivity index (χ2n) is 10.9. The number of amides is 1. The first kappa shape index (κ1) is 21.8. The Morgan fingerprint density at radius 3 is 2.94 bits per heavy atom. The zero-order chi connectivity index (χ0) is 22.8. The average Bonchev–Trinajstić information content (AvgIpc) is 3.49. The molecule has 6 rings (SSSR count). The van der Waals surface area contributed by atoms with Crippen molar-refractivity contribution in [2.75, 3.05) is 26.3 Å². The standard InChI is InChI=1S/C25H32F3N3O2/c26-25(27,28)19-10-17-14-30(7-4-21(17)29-13-19)23(32)24-6-1-2-18(24)11-20(12-24)31-8-3-16-15-33-9-5-22(16)31/h10,13,16,18,20,22H,1-9,11-12,14-15H2/t16-,18+,20+,22+,24+/m0/s1. The van der Waals surface area contributed by atoms with Gasteiger partial charge in [-0.2, -0.15) is 13.2 Å². The Morgan fingerprint density at radius 1 is 1.21 bits per heavy atom. The molecule has 0 bridgehead atoms. The first-order chi connectivity index (χ1) is 15.8. The van der Waals surface area contributed by atoms with Crippen LogP contribution < -0.4 is 0 Å². The summed E-state index contributed by atoms with van der Waals surface area (Å²) in [5.41, 5.74) is 0.183. The minimum atomic E-state index is -4.42. The van der Waals surface area contributed by atoms with Crippen molar-refractivity contribution in [3.63, 3.8) is 0 Å². The Hall–Kier alpha value is -1.67. The van der Waals surface area contributed by atoms with Crippen LogP contribution in [0.1, 0.15) is 61.8 Å². The predicted molar refractivity (Wildman–Crippen MR) is 115 cm³/mol. The SMILES string of the molecule is O=C(N1CCc2ncc(C(F)(F)F)cc2C1)[C@@]12CCC[C@@H]1C[C@@H](N1CC[C@H]3COCC[C@H]31)C2. The highest BCUT2D eigenvalue weighted by Gasteiger charge is 2.58. The second kappa shape index (κ2) is 7.94. The minimum Gasteiger partial charge on any atom is -0.381 e. The topological polar surface area (TPSA) is 45.7 Å². The summed E-state index contributed by atoms with van der Waals surface area (Å²) < 4.78 is 45.3. The second-order valence-corrected chi connectivity index (χ2v) is 10.9. The zero-order valence-electron chi connectivity index (χ0n) is 18.9. The Labute approximate surface area is 192 Å². The predicted octanol–water partition coefficient (Wildman–Crippen LogP) is 4.04. The van der Waals surface area contributed by atoms with Gasteiger partial charge in [0.25, 0.3) is 0 Å². The lowest BCUT2D eigenvalue weighted by Crippen LogP contribution is -2.48. The highest BCUT2D eigenvalue weighted by molar-refractivity contribution is 5.84. The molecule has 0 aromatic carbocycles. The van der Waals surface area contributed by atoms with E-state index in [1.165, 1.54) is 12.5 Å². The first-order valence-electron chi connectivity index (χ1n) is 12.5. The summed E-state index contributed by atoms with van der Waals surface area (Å²) in [5, 5.41) is 0. The van der Waals surface area contributed by atoms with Crippen LogP contribution in [0.2, 0.25) is 0 Å². The number of fused-ring (bicyclic) bond motifs is 3. The summed E-state index contributed by atoms with van der Waals surface area (Å²) in [4.78, 5) is 22.6. The smallest absolute Gasteiger partial charge is 0.381 e. The number of pyridine rings is 1. The van der Waals surface area contributed by atoms with Gasteiger partial charge < -0.3 is 9.64 Å². The normalized spacial score (nSPS) is 36.5. The number of halogens is 3. The van der Waals surface area contributed by atoms with Gasteiger partial charge in [0.1, 0.15) is 0 Å².